The molecule has 0 aliphatic rings. The lowest BCUT2D eigenvalue weighted by Gasteiger charge is -2.06. The number of halogens is 2. The van der Waals surface area contributed by atoms with Crippen molar-refractivity contribution in [2.24, 2.45) is 0 Å². The molecule has 2 rings (SSSR count). The maximum atomic E-state index is 13.1. The standard InChI is InChI=1S/C12H11ClFN3/c1-2-15-11-7-10(13)16-12(17-11)8-4-3-5-9(14)6-8/h3-7H,2H2,1H3,(H,15,16,17). The van der Waals surface area contributed by atoms with Crippen LogP contribution in [0.3, 0.4) is 0 Å². The topological polar surface area (TPSA) is 37.8 Å². The molecule has 0 aliphatic carbocycles. The van der Waals surface area contributed by atoms with E-state index in [1.54, 1.807) is 18.2 Å². The Hall–Kier alpha value is -1.68. The molecule has 3 nitrogen and oxygen atoms in total. The van der Waals surface area contributed by atoms with Gasteiger partial charge < -0.3 is 5.32 Å². The van der Waals surface area contributed by atoms with E-state index in [0.717, 1.165) is 6.54 Å². The van der Waals surface area contributed by atoms with Gasteiger partial charge >= 0.3 is 0 Å². The van der Waals surface area contributed by atoms with Crippen molar-refractivity contribution in [3.05, 3.63) is 41.3 Å². The first kappa shape index (κ1) is 11.8. The fourth-order valence-electron chi connectivity index (χ4n) is 1.45. The quantitative estimate of drug-likeness (QED) is 0.850. The largest absolute Gasteiger partial charge is 0.370 e. The maximum Gasteiger partial charge on any atom is 0.163 e. The van der Waals surface area contributed by atoms with Gasteiger partial charge in [-0.3, -0.25) is 0 Å². The third-order valence-corrected chi connectivity index (χ3v) is 2.33. The molecule has 0 radical (unpaired) electrons. The fraction of sp³-hybridized carbons (Fsp3) is 0.167. The summed E-state index contributed by atoms with van der Waals surface area (Å²) in [5.74, 6) is 0.718. The van der Waals surface area contributed by atoms with Gasteiger partial charge in [0.15, 0.2) is 5.82 Å². The Morgan fingerprint density at radius 2 is 2.12 bits per heavy atom. The third-order valence-electron chi connectivity index (χ3n) is 2.14. The molecule has 1 aromatic carbocycles. The van der Waals surface area contributed by atoms with Gasteiger partial charge in [-0.1, -0.05) is 23.7 Å². The second-order valence-electron chi connectivity index (χ2n) is 3.44. The third kappa shape index (κ3) is 2.91. The zero-order valence-electron chi connectivity index (χ0n) is 9.24. The van der Waals surface area contributed by atoms with Gasteiger partial charge in [0.25, 0.3) is 0 Å². The summed E-state index contributed by atoms with van der Waals surface area (Å²) < 4.78 is 13.1. The van der Waals surface area contributed by atoms with Gasteiger partial charge in [-0.05, 0) is 19.1 Å². The van der Waals surface area contributed by atoms with Gasteiger partial charge in [0.1, 0.15) is 16.8 Å². The van der Waals surface area contributed by atoms with Crippen LogP contribution in [0.1, 0.15) is 6.92 Å². The first-order valence-corrected chi connectivity index (χ1v) is 5.61. The Labute approximate surface area is 104 Å². The van der Waals surface area contributed by atoms with E-state index < -0.39 is 0 Å². The smallest absolute Gasteiger partial charge is 0.163 e. The first-order chi connectivity index (χ1) is 8.19. The molecule has 1 N–H and O–H groups in total. The van der Waals surface area contributed by atoms with E-state index in [9.17, 15) is 4.39 Å². The van der Waals surface area contributed by atoms with Crippen LogP contribution in [0.25, 0.3) is 11.4 Å². The van der Waals surface area contributed by atoms with E-state index in [-0.39, 0.29) is 5.82 Å². The van der Waals surface area contributed by atoms with Crippen molar-refractivity contribution in [2.75, 3.05) is 11.9 Å². The monoisotopic (exact) mass is 251 g/mol. The zero-order chi connectivity index (χ0) is 12.3. The highest BCUT2D eigenvalue weighted by atomic mass is 35.5. The number of benzene rings is 1. The van der Waals surface area contributed by atoms with Gasteiger partial charge in [0.05, 0.1) is 0 Å². The molecule has 5 heteroatoms. The summed E-state index contributed by atoms with van der Waals surface area (Å²) >= 11 is 5.89. The van der Waals surface area contributed by atoms with E-state index in [2.05, 4.69) is 15.3 Å². The van der Waals surface area contributed by atoms with E-state index in [1.165, 1.54) is 12.1 Å². The molecule has 0 atom stereocenters. The molecule has 1 aromatic heterocycles. The lowest BCUT2D eigenvalue weighted by atomic mass is 10.2. The molecule has 2 aromatic rings. The van der Waals surface area contributed by atoms with Crippen LogP contribution >= 0.6 is 11.6 Å². The summed E-state index contributed by atoms with van der Waals surface area (Å²) in [5.41, 5.74) is 0.603. The predicted octanol–water partition coefficient (Wildman–Crippen LogP) is 3.37. The van der Waals surface area contributed by atoms with Crippen LogP contribution in [0.2, 0.25) is 5.15 Å². The van der Waals surface area contributed by atoms with Crippen LogP contribution in [0.4, 0.5) is 10.2 Å². The minimum absolute atomic E-state index is 0.323. The van der Waals surface area contributed by atoms with E-state index >= 15 is 0 Å². The Morgan fingerprint density at radius 3 is 2.82 bits per heavy atom. The molecule has 0 amide bonds. The minimum Gasteiger partial charge on any atom is -0.370 e. The van der Waals surface area contributed by atoms with E-state index in [4.69, 9.17) is 11.6 Å². The number of anilines is 1. The number of nitrogens with zero attached hydrogens (tertiary/aromatic N) is 2. The van der Waals surface area contributed by atoms with Crippen LogP contribution in [0.15, 0.2) is 30.3 Å². The second kappa shape index (κ2) is 5.10. The van der Waals surface area contributed by atoms with Crippen LogP contribution in [0.5, 0.6) is 0 Å². The Morgan fingerprint density at radius 1 is 1.29 bits per heavy atom. The molecular formula is C12H11ClFN3. The van der Waals surface area contributed by atoms with Crippen LogP contribution in [-0.2, 0) is 0 Å². The number of hydrogen-bond donors (Lipinski definition) is 1. The lowest BCUT2D eigenvalue weighted by Crippen LogP contribution is -2.01. The minimum atomic E-state index is -0.323. The summed E-state index contributed by atoms with van der Waals surface area (Å²) in [5, 5.41) is 3.37. The summed E-state index contributed by atoms with van der Waals surface area (Å²) in [4.78, 5) is 8.34. The molecule has 0 fully saturated rings. The number of hydrogen-bond acceptors (Lipinski definition) is 3. The molecule has 0 spiro atoms. The summed E-state index contributed by atoms with van der Waals surface area (Å²) in [6.45, 7) is 2.69. The van der Waals surface area contributed by atoms with E-state index in [1.807, 2.05) is 6.92 Å². The highest BCUT2D eigenvalue weighted by molar-refractivity contribution is 6.29. The van der Waals surface area contributed by atoms with Crippen molar-refractivity contribution in [3.8, 4) is 11.4 Å². The van der Waals surface area contributed by atoms with Gasteiger partial charge in [0.2, 0.25) is 0 Å². The molecular weight excluding hydrogens is 241 g/mol. The first-order valence-electron chi connectivity index (χ1n) is 5.23. The SMILES string of the molecule is CCNc1cc(Cl)nc(-c2cccc(F)c2)n1. The van der Waals surface area contributed by atoms with Gasteiger partial charge in [-0.25, -0.2) is 14.4 Å². The zero-order valence-corrected chi connectivity index (χ0v) is 10.0. The average Bonchev–Trinajstić information content (AvgIpc) is 2.28. The molecule has 88 valence electrons. The molecule has 0 bridgehead atoms. The number of nitrogens with one attached hydrogen (secondary N) is 1. The average molecular weight is 252 g/mol. The molecule has 0 unspecified atom stereocenters. The maximum absolute atomic E-state index is 13.1. The Balaban J connectivity index is 2.44. The molecule has 0 aliphatic heterocycles. The summed E-state index contributed by atoms with van der Waals surface area (Å²) in [6, 6.07) is 7.74. The van der Waals surface area contributed by atoms with Crippen LogP contribution in [-0.4, -0.2) is 16.5 Å². The predicted molar refractivity (Wildman–Crippen MR) is 66.6 cm³/mol. The highest BCUT2D eigenvalue weighted by Crippen LogP contribution is 2.20. The highest BCUT2D eigenvalue weighted by Gasteiger charge is 2.06. The molecule has 0 saturated heterocycles. The molecule has 1 heterocycles. The van der Waals surface area contributed by atoms with Crippen LogP contribution < -0.4 is 5.32 Å². The second-order valence-corrected chi connectivity index (χ2v) is 3.83. The molecule has 17 heavy (non-hydrogen) atoms. The van der Waals surface area contributed by atoms with Gasteiger partial charge in [0, 0.05) is 18.2 Å². The summed E-state index contributed by atoms with van der Waals surface area (Å²) in [7, 11) is 0. The number of aromatic nitrogens is 2. The van der Waals surface area contributed by atoms with Crippen LogP contribution in [0, 0.1) is 5.82 Å². The van der Waals surface area contributed by atoms with Crippen molar-refractivity contribution in [3.63, 3.8) is 0 Å². The fourth-order valence-corrected chi connectivity index (χ4v) is 1.63. The van der Waals surface area contributed by atoms with Gasteiger partial charge in [-0.15, -0.1) is 0 Å². The van der Waals surface area contributed by atoms with Crippen molar-refractivity contribution < 1.29 is 4.39 Å². The Bertz CT molecular complexity index is 531. The van der Waals surface area contributed by atoms with E-state index in [0.29, 0.717) is 22.4 Å². The summed E-state index contributed by atoms with van der Waals surface area (Å²) in [6.07, 6.45) is 0. The van der Waals surface area contributed by atoms with Crippen molar-refractivity contribution in [2.45, 2.75) is 6.92 Å². The number of rotatable bonds is 3. The van der Waals surface area contributed by atoms with Gasteiger partial charge in [-0.2, -0.15) is 0 Å². The lowest BCUT2D eigenvalue weighted by molar-refractivity contribution is 0.628. The van der Waals surface area contributed by atoms with Crippen molar-refractivity contribution in [1.29, 1.82) is 0 Å². The molecule has 0 saturated carbocycles. The Kier molecular flexibility index (Phi) is 3.54. The normalized spacial score (nSPS) is 10.3. The van der Waals surface area contributed by atoms with Crippen molar-refractivity contribution >= 4 is 17.4 Å². The van der Waals surface area contributed by atoms with Crippen molar-refractivity contribution in [1.82, 2.24) is 9.97 Å².